The van der Waals surface area contributed by atoms with E-state index in [2.05, 4.69) is 68.7 Å². The number of nitrogens with zero attached hydrogens (tertiary/aromatic N) is 2. The van der Waals surface area contributed by atoms with Gasteiger partial charge in [-0.25, -0.2) is 0 Å². The first-order chi connectivity index (χ1) is 10.1. The number of aryl methyl sites for hydroxylation is 1. The molecule has 2 aromatic carbocycles. The van der Waals surface area contributed by atoms with Crippen LogP contribution in [0.5, 0.6) is 0 Å². The van der Waals surface area contributed by atoms with Gasteiger partial charge in [0.15, 0.2) is 0 Å². The van der Waals surface area contributed by atoms with E-state index in [-0.39, 0.29) is 5.41 Å². The Hall–Kier alpha value is -2.09. The molecule has 2 heterocycles. The number of para-hydroxylation sites is 1. The maximum Gasteiger partial charge on any atom is 0.0678 e. The average molecular weight is 276 g/mol. The van der Waals surface area contributed by atoms with Crippen LogP contribution in [-0.2, 0) is 12.0 Å². The Bertz CT molecular complexity index is 910. The Kier molecular flexibility index (Phi) is 2.39. The van der Waals surface area contributed by atoms with Gasteiger partial charge in [-0.1, -0.05) is 32.0 Å². The van der Waals surface area contributed by atoms with Crippen molar-refractivity contribution in [3.63, 3.8) is 0 Å². The molecule has 0 aliphatic carbocycles. The number of fused-ring (bicyclic) bond motifs is 5. The van der Waals surface area contributed by atoms with Crippen LogP contribution in [0.15, 0.2) is 41.4 Å². The fourth-order valence-corrected chi connectivity index (χ4v) is 3.70. The molecule has 0 saturated heterocycles. The number of hydrogen-bond acceptors (Lipinski definition) is 1. The van der Waals surface area contributed by atoms with E-state index in [1.807, 2.05) is 0 Å². The summed E-state index contributed by atoms with van der Waals surface area (Å²) >= 11 is 0. The Morgan fingerprint density at radius 2 is 1.81 bits per heavy atom. The van der Waals surface area contributed by atoms with Gasteiger partial charge in [0.25, 0.3) is 0 Å². The minimum atomic E-state index is 0.0114. The molecule has 0 fully saturated rings. The predicted octanol–water partition coefficient (Wildman–Crippen LogP) is 5.20. The fraction of sp³-hybridized carbons (Fsp3) is 0.316. The molecule has 1 aliphatic rings. The van der Waals surface area contributed by atoms with E-state index in [1.54, 1.807) is 0 Å². The topological polar surface area (TPSA) is 17.3 Å². The number of aromatic nitrogens is 1. The smallest absolute Gasteiger partial charge is 0.0678 e. The zero-order valence-corrected chi connectivity index (χ0v) is 13.1. The summed E-state index contributed by atoms with van der Waals surface area (Å²) < 4.78 is 2.41. The minimum Gasteiger partial charge on any atom is -0.341 e. The summed E-state index contributed by atoms with van der Waals surface area (Å²) in [7, 11) is 0. The summed E-state index contributed by atoms with van der Waals surface area (Å²) in [6.45, 7) is 9.92. The van der Waals surface area contributed by atoms with E-state index in [9.17, 15) is 0 Å². The molecule has 0 unspecified atom stereocenters. The maximum atomic E-state index is 4.80. The summed E-state index contributed by atoms with van der Waals surface area (Å²) in [5, 5.41) is 2.74. The van der Waals surface area contributed by atoms with Crippen molar-refractivity contribution < 1.29 is 0 Å². The van der Waals surface area contributed by atoms with Gasteiger partial charge in [-0.2, -0.15) is 0 Å². The molecule has 0 spiro atoms. The molecule has 0 radical (unpaired) electrons. The molecule has 21 heavy (non-hydrogen) atoms. The lowest BCUT2D eigenvalue weighted by molar-refractivity contribution is 0.740. The zero-order valence-electron chi connectivity index (χ0n) is 13.1. The molecule has 0 N–H and O–H groups in total. The van der Waals surface area contributed by atoms with Crippen LogP contribution in [0.25, 0.3) is 21.8 Å². The van der Waals surface area contributed by atoms with Gasteiger partial charge in [-0.3, -0.25) is 4.99 Å². The zero-order chi connectivity index (χ0) is 14.8. The van der Waals surface area contributed by atoms with Crippen molar-refractivity contribution in [2.75, 3.05) is 0 Å². The highest BCUT2D eigenvalue weighted by Crippen LogP contribution is 2.46. The molecular formula is C19H20N2. The standard InChI is InChI=1S/C19H20N2/c1-5-21-15-9-7-6-8-13(15)17-16(21)11-10-14-18(17)19(3,4)12(2)20-14/h6-11H,5H2,1-4H3. The van der Waals surface area contributed by atoms with Crippen LogP contribution in [-0.4, -0.2) is 10.3 Å². The van der Waals surface area contributed by atoms with Crippen molar-refractivity contribution in [3.8, 4) is 0 Å². The van der Waals surface area contributed by atoms with Gasteiger partial charge in [0.1, 0.15) is 0 Å². The normalized spacial score (nSPS) is 16.5. The van der Waals surface area contributed by atoms with Gasteiger partial charge in [-0.05, 0) is 37.6 Å². The molecule has 1 aliphatic heterocycles. The van der Waals surface area contributed by atoms with Gasteiger partial charge >= 0.3 is 0 Å². The Morgan fingerprint density at radius 3 is 2.57 bits per heavy atom. The summed E-state index contributed by atoms with van der Waals surface area (Å²) in [5.41, 5.74) is 6.40. The molecule has 0 amide bonds. The van der Waals surface area contributed by atoms with Crippen LogP contribution in [0.2, 0.25) is 0 Å². The van der Waals surface area contributed by atoms with Gasteiger partial charge in [0.05, 0.1) is 5.69 Å². The van der Waals surface area contributed by atoms with E-state index in [0.29, 0.717) is 0 Å². The van der Waals surface area contributed by atoms with Crippen molar-refractivity contribution in [1.29, 1.82) is 0 Å². The van der Waals surface area contributed by atoms with Crippen molar-refractivity contribution in [3.05, 3.63) is 42.0 Å². The molecule has 1 aromatic heterocycles. The van der Waals surface area contributed by atoms with E-state index in [1.165, 1.54) is 33.1 Å². The summed E-state index contributed by atoms with van der Waals surface area (Å²) in [5.74, 6) is 0. The van der Waals surface area contributed by atoms with E-state index in [4.69, 9.17) is 4.99 Å². The largest absolute Gasteiger partial charge is 0.341 e. The monoisotopic (exact) mass is 276 g/mol. The van der Waals surface area contributed by atoms with Crippen molar-refractivity contribution in [2.45, 2.75) is 39.7 Å². The Balaban J connectivity index is 2.26. The quantitative estimate of drug-likeness (QED) is 0.581. The van der Waals surface area contributed by atoms with Gasteiger partial charge in [0, 0.05) is 39.5 Å². The molecule has 2 nitrogen and oxygen atoms in total. The first kappa shape index (κ1) is 12.6. The fourth-order valence-electron chi connectivity index (χ4n) is 3.70. The molecular weight excluding hydrogens is 256 g/mol. The summed E-state index contributed by atoms with van der Waals surface area (Å²) in [4.78, 5) is 4.80. The summed E-state index contributed by atoms with van der Waals surface area (Å²) in [6.07, 6.45) is 0. The molecule has 0 atom stereocenters. The SMILES string of the molecule is CCn1c2ccccc2c2c3c(ccc21)N=C(C)C3(C)C. The van der Waals surface area contributed by atoms with E-state index >= 15 is 0 Å². The molecule has 3 aromatic rings. The number of benzene rings is 2. The van der Waals surface area contributed by atoms with Crippen LogP contribution >= 0.6 is 0 Å². The second-order valence-corrected chi connectivity index (χ2v) is 6.44. The molecule has 4 rings (SSSR count). The maximum absolute atomic E-state index is 4.80. The first-order valence-corrected chi connectivity index (χ1v) is 7.66. The summed E-state index contributed by atoms with van der Waals surface area (Å²) in [6, 6.07) is 13.1. The highest BCUT2D eigenvalue weighted by molar-refractivity contribution is 6.15. The second-order valence-electron chi connectivity index (χ2n) is 6.44. The van der Waals surface area contributed by atoms with Gasteiger partial charge < -0.3 is 4.57 Å². The van der Waals surface area contributed by atoms with E-state index in [0.717, 1.165) is 12.2 Å². The minimum absolute atomic E-state index is 0.0114. The highest BCUT2D eigenvalue weighted by atomic mass is 15.0. The molecule has 0 bridgehead atoms. The third-order valence-electron chi connectivity index (χ3n) is 5.05. The van der Waals surface area contributed by atoms with Crippen LogP contribution < -0.4 is 0 Å². The van der Waals surface area contributed by atoms with Crippen molar-refractivity contribution in [2.24, 2.45) is 4.99 Å². The molecule has 0 saturated carbocycles. The predicted molar refractivity (Wildman–Crippen MR) is 90.9 cm³/mol. The lowest BCUT2D eigenvalue weighted by Crippen LogP contribution is -2.22. The second kappa shape index (κ2) is 3.97. The van der Waals surface area contributed by atoms with Crippen LogP contribution in [0.3, 0.4) is 0 Å². The van der Waals surface area contributed by atoms with Gasteiger partial charge in [0.2, 0.25) is 0 Å². The van der Waals surface area contributed by atoms with Crippen LogP contribution in [0, 0.1) is 0 Å². The van der Waals surface area contributed by atoms with E-state index < -0.39 is 0 Å². The third-order valence-corrected chi connectivity index (χ3v) is 5.05. The number of rotatable bonds is 1. The third kappa shape index (κ3) is 1.45. The van der Waals surface area contributed by atoms with Crippen LogP contribution in [0.4, 0.5) is 5.69 Å². The number of aliphatic imine (C=N–C) groups is 1. The Labute approximate surface area is 125 Å². The highest BCUT2D eigenvalue weighted by Gasteiger charge is 2.35. The van der Waals surface area contributed by atoms with Gasteiger partial charge in [-0.15, -0.1) is 0 Å². The first-order valence-electron chi connectivity index (χ1n) is 7.66. The average Bonchev–Trinajstić information content (AvgIpc) is 2.91. The number of hydrogen-bond donors (Lipinski definition) is 0. The van der Waals surface area contributed by atoms with Crippen molar-refractivity contribution in [1.82, 2.24) is 4.57 Å². The lowest BCUT2D eigenvalue weighted by atomic mass is 9.80. The molecule has 106 valence electrons. The lowest BCUT2D eigenvalue weighted by Gasteiger charge is -2.21. The van der Waals surface area contributed by atoms with Crippen molar-refractivity contribution >= 4 is 33.2 Å². The van der Waals surface area contributed by atoms with Crippen LogP contribution in [0.1, 0.15) is 33.3 Å². The molecule has 2 heteroatoms. The Morgan fingerprint density at radius 1 is 1.05 bits per heavy atom.